The summed E-state index contributed by atoms with van der Waals surface area (Å²) in [6.45, 7) is 9.10. The van der Waals surface area contributed by atoms with Crippen molar-refractivity contribution in [1.82, 2.24) is 0 Å². The van der Waals surface area contributed by atoms with E-state index < -0.39 is 10.0 Å². The average Bonchev–Trinajstić information content (AvgIpc) is 2.62. The van der Waals surface area contributed by atoms with Gasteiger partial charge >= 0.3 is 0 Å². The second-order valence-electron chi connectivity index (χ2n) is 6.67. The number of benzene rings is 2. The van der Waals surface area contributed by atoms with Crippen LogP contribution in [-0.4, -0.2) is 41.1 Å². The molecule has 1 aliphatic rings. The molecule has 0 radical (unpaired) electrons. The van der Waals surface area contributed by atoms with Crippen molar-refractivity contribution in [2.75, 3.05) is 42.3 Å². The molecule has 7 heteroatoms. The maximum Gasteiger partial charge on any atom is 0.261 e. The molecule has 1 heterocycles. The van der Waals surface area contributed by atoms with Crippen molar-refractivity contribution in [3.05, 3.63) is 53.1 Å². The van der Waals surface area contributed by atoms with Crippen molar-refractivity contribution in [3.8, 4) is 0 Å². The molecule has 2 N–H and O–H groups in total. The molecule has 0 atom stereocenters. The van der Waals surface area contributed by atoms with Gasteiger partial charge < -0.3 is 9.80 Å². The summed E-state index contributed by atoms with van der Waals surface area (Å²) >= 11 is 6.14. The van der Waals surface area contributed by atoms with E-state index in [9.17, 15) is 8.42 Å². The summed E-state index contributed by atoms with van der Waals surface area (Å²) in [4.78, 5) is 4.04. The fourth-order valence-corrected chi connectivity index (χ4v) is 4.44. The number of hydrogen-bond donors (Lipinski definition) is 2. The second-order valence-corrected chi connectivity index (χ2v) is 8.79. The largest absolute Gasteiger partial charge is 0.359 e. The third-order valence-corrected chi connectivity index (χ3v) is 6.46. The molecule has 0 bridgehead atoms. The van der Waals surface area contributed by atoms with Crippen molar-refractivity contribution in [3.63, 3.8) is 0 Å². The van der Waals surface area contributed by atoms with Crippen molar-refractivity contribution < 1.29 is 13.3 Å². The van der Waals surface area contributed by atoms with E-state index in [1.807, 2.05) is 13.0 Å². The lowest BCUT2D eigenvalue weighted by atomic mass is 10.2. The van der Waals surface area contributed by atoms with Crippen molar-refractivity contribution >= 4 is 33.0 Å². The lowest BCUT2D eigenvalue weighted by Gasteiger charge is -2.34. The predicted octanol–water partition coefficient (Wildman–Crippen LogP) is 2.17. The molecular formula is C19H25ClN3O2S+. The summed E-state index contributed by atoms with van der Waals surface area (Å²) < 4.78 is 28.3. The quantitative estimate of drug-likeness (QED) is 0.817. The lowest BCUT2D eigenvalue weighted by Crippen LogP contribution is -3.14. The Morgan fingerprint density at radius 1 is 1.12 bits per heavy atom. The molecular weight excluding hydrogens is 370 g/mol. The molecule has 2 aromatic rings. The number of sulfonamides is 1. The fourth-order valence-electron chi connectivity index (χ4n) is 3.20. The van der Waals surface area contributed by atoms with Crippen LogP contribution in [-0.2, 0) is 10.0 Å². The van der Waals surface area contributed by atoms with Gasteiger partial charge in [0.15, 0.2) is 0 Å². The van der Waals surface area contributed by atoms with Gasteiger partial charge in [-0.2, -0.15) is 0 Å². The SMILES string of the molecule is CC[NH+]1CCN(c2ccc(Cl)cc2NS(=O)(=O)c2ccc(C)cc2)CC1. The summed E-state index contributed by atoms with van der Waals surface area (Å²) in [6.07, 6.45) is 0. The van der Waals surface area contributed by atoms with Crippen LogP contribution in [0, 0.1) is 6.92 Å². The van der Waals surface area contributed by atoms with Crippen LogP contribution in [0.5, 0.6) is 0 Å². The monoisotopic (exact) mass is 394 g/mol. The Balaban J connectivity index is 1.87. The molecule has 0 unspecified atom stereocenters. The van der Waals surface area contributed by atoms with Crippen molar-refractivity contribution in [1.29, 1.82) is 0 Å². The maximum atomic E-state index is 12.8. The van der Waals surface area contributed by atoms with Crippen LogP contribution in [0.25, 0.3) is 0 Å². The van der Waals surface area contributed by atoms with Gasteiger partial charge in [0.05, 0.1) is 49.0 Å². The molecule has 26 heavy (non-hydrogen) atoms. The topological polar surface area (TPSA) is 53.9 Å². The number of halogens is 1. The number of hydrogen-bond acceptors (Lipinski definition) is 3. The molecule has 2 aromatic carbocycles. The number of rotatable bonds is 5. The molecule has 0 aromatic heterocycles. The van der Waals surface area contributed by atoms with Gasteiger partial charge in [0.1, 0.15) is 0 Å². The van der Waals surface area contributed by atoms with E-state index in [4.69, 9.17) is 11.6 Å². The minimum absolute atomic E-state index is 0.245. The summed E-state index contributed by atoms with van der Waals surface area (Å²) in [6, 6.07) is 12.2. The van der Waals surface area contributed by atoms with Crippen LogP contribution >= 0.6 is 11.6 Å². The molecule has 0 spiro atoms. The van der Waals surface area contributed by atoms with Crippen LogP contribution in [0.2, 0.25) is 5.02 Å². The molecule has 5 nitrogen and oxygen atoms in total. The molecule has 3 rings (SSSR count). The third-order valence-electron chi connectivity index (χ3n) is 4.85. The van der Waals surface area contributed by atoms with Gasteiger partial charge in [-0.3, -0.25) is 4.72 Å². The zero-order valence-electron chi connectivity index (χ0n) is 15.1. The Morgan fingerprint density at radius 2 is 1.77 bits per heavy atom. The van der Waals surface area contributed by atoms with Crippen LogP contribution in [0.4, 0.5) is 11.4 Å². The summed E-state index contributed by atoms with van der Waals surface area (Å²) in [5, 5.41) is 0.508. The standard InChI is InChI=1S/C19H24ClN3O2S/c1-3-22-10-12-23(13-11-22)19-9-6-16(20)14-18(19)21-26(24,25)17-7-4-15(2)5-8-17/h4-9,14,21H,3,10-13H2,1-2H3/p+1. The molecule has 0 aliphatic carbocycles. The Hall–Kier alpha value is -1.76. The van der Waals surface area contributed by atoms with Crippen LogP contribution < -0.4 is 14.5 Å². The van der Waals surface area contributed by atoms with Crippen LogP contribution in [0.15, 0.2) is 47.4 Å². The van der Waals surface area contributed by atoms with E-state index in [1.54, 1.807) is 41.3 Å². The van der Waals surface area contributed by atoms with Gasteiger partial charge in [-0.1, -0.05) is 29.3 Å². The first-order chi connectivity index (χ1) is 12.4. The molecule has 1 aliphatic heterocycles. The number of nitrogens with zero attached hydrogens (tertiary/aromatic N) is 1. The molecule has 1 fully saturated rings. The fraction of sp³-hybridized carbons (Fsp3) is 0.368. The number of nitrogens with one attached hydrogen (secondary N) is 2. The summed E-state index contributed by atoms with van der Waals surface area (Å²) in [7, 11) is -3.66. The normalized spacial score (nSPS) is 15.9. The average molecular weight is 395 g/mol. The first-order valence-corrected chi connectivity index (χ1v) is 10.7. The lowest BCUT2D eigenvalue weighted by molar-refractivity contribution is -0.898. The van der Waals surface area contributed by atoms with Gasteiger partial charge in [-0.15, -0.1) is 0 Å². The van der Waals surface area contributed by atoms with Crippen LogP contribution in [0.3, 0.4) is 0 Å². The number of aryl methyl sites for hydroxylation is 1. The number of piperazine rings is 1. The first kappa shape index (κ1) is 19.0. The number of anilines is 2. The molecule has 0 amide bonds. The van der Waals surface area contributed by atoms with Crippen molar-refractivity contribution in [2.24, 2.45) is 0 Å². The minimum Gasteiger partial charge on any atom is -0.359 e. The van der Waals surface area contributed by atoms with E-state index >= 15 is 0 Å². The first-order valence-electron chi connectivity index (χ1n) is 8.86. The van der Waals surface area contributed by atoms with Gasteiger partial charge in [0.2, 0.25) is 0 Å². The van der Waals surface area contributed by atoms with Gasteiger partial charge in [-0.25, -0.2) is 8.42 Å². The molecule has 1 saturated heterocycles. The molecule has 0 saturated carbocycles. The highest BCUT2D eigenvalue weighted by Crippen LogP contribution is 2.31. The minimum atomic E-state index is -3.66. The van der Waals surface area contributed by atoms with E-state index in [1.165, 1.54) is 0 Å². The van der Waals surface area contributed by atoms with Gasteiger partial charge in [-0.05, 0) is 44.2 Å². The number of quaternary nitrogens is 1. The highest BCUT2D eigenvalue weighted by molar-refractivity contribution is 7.92. The smallest absolute Gasteiger partial charge is 0.261 e. The summed E-state index contributed by atoms with van der Waals surface area (Å²) in [5.41, 5.74) is 2.42. The third kappa shape index (κ3) is 4.31. The van der Waals surface area contributed by atoms with E-state index in [0.717, 1.165) is 44.0 Å². The van der Waals surface area contributed by atoms with Crippen molar-refractivity contribution in [2.45, 2.75) is 18.7 Å². The zero-order chi connectivity index (χ0) is 18.7. The maximum absolute atomic E-state index is 12.8. The Bertz CT molecular complexity index is 861. The van der Waals surface area contributed by atoms with Gasteiger partial charge in [0.25, 0.3) is 10.0 Å². The highest BCUT2D eigenvalue weighted by atomic mass is 35.5. The highest BCUT2D eigenvalue weighted by Gasteiger charge is 2.23. The number of likely N-dealkylation sites (N-methyl/N-ethyl adjacent to an activating group) is 1. The van der Waals surface area contributed by atoms with E-state index in [2.05, 4.69) is 16.5 Å². The van der Waals surface area contributed by atoms with E-state index in [0.29, 0.717) is 10.7 Å². The Morgan fingerprint density at radius 3 is 2.38 bits per heavy atom. The van der Waals surface area contributed by atoms with E-state index in [-0.39, 0.29) is 4.90 Å². The zero-order valence-corrected chi connectivity index (χ0v) is 16.7. The molecule has 140 valence electrons. The Kier molecular flexibility index (Phi) is 5.75. The van der Waals surface area contributed by atoms with Crippen LogP contribution in [0.1, 0.15) is 12.5 Å². The predicted molar refractivity (Wildman–Crippen MR) is 107 cm³/mol. The second kappa shape index (κ2) is 7.86. The Labute approximate surface area is 160 Å². The summed E-state index contributed by atoms with van der Waals surface area (Å²) in [5.74, 6) is 0. The van der Waals surface area contributed by atoms with Gasteiger partial charge in [0, 0.05) is 5.02 Å².